The summed E-state index contributed by atoms with van der Waals surface area (Å²) in [6.45, 7) is 7.14. The quantitative estimate of drug-likeness (QED) is 0.918. The van der Waals surface area contributed by atoms with E-state index in [0.29, 0.717) is 6.04 Å². The van der Waals surface area contributed by atoms with E-state index >= 15 is 0 Å². The molecule has 2 aromatic rings. The predicted molar refractivity (Wildman–Crippen MR) is 79.7 cm³/mol. The van der Waals surface area contributed by atoms with Crippen LogP contribution in [-0.4, -0.2) is 19.6 Å². The Hall–Kier alpha value is -1.49. The highest BCUT2D eigenvalue weighted by molar-refractivity contribution is 5.85. The minimum atomic E-state index is 0. The molecule has 2 heterocycles. The molecule has 0 saturated heterocycles. The second kappa shape index (κ2) is 6.61. The number of halogens is 1. The smallest absolute Gasteiger partial charge is 0.0825 e. The Morgan fingerprint density at radius 2 is 2.16 bits per heavy atom. The van der Waals surface area contributed by atoms with E-state index in [2.05, 4.69) is 40.1 Å². The zero-order chi connectivity index (χ0) is 13.1. The molecule has 2 rings (SSSR count). The second-order valence-electron chi connectivity index (χ2n) is 4.68. The topological polar surface area (TPSA) is 47.7 Å². The van der Waals surface area contributed by atoms with Crippen LogP contribution in [0.3, 0.4) is 0 Å². The van der Waals surface area contributed by atoms with Gasteiger partial charge in [0.1, 0.15) is 0 Å². The van der Waals surface area contributed by atoms with Gasteiger partial charge in [0.2, 0.25) is 0 Å². The predicted octanol–water partition coefficient (Wildman–Crippen LogP) is 2.93. The summed E-state index contributed by atoms with van der Waals surface area (Å²) in [5, 5.41) is 12.1. The Kier molecular flexibility index (Phi) is 5.42. The summed E-state index contributed by atoms with van der Waals surface area (Å²) in [4.78, 5) is 0. The van der Waals surface area contributed by atoms with Gasteiger partial charge in [-0.2, -0.15) is 10.2 Å². The summed E-state index contributed by atoms with van der Waals surface area (Å²) in [6.07, 6.45) is 4.94. The van der Waals surface area contributed by atoms with Crippen molar-refractivity contribution in [1.29, 1.82) is 0 Å². The normalized spacial score (nSPS) is 12.0. The number of aryl methyl sites for hydroxylation is 2. The first-order valence-corrected chi connectivity index (χ1v) is 6.38. The van der Waals surface area contributed by atoms with E-state index in [1.807, 2.05) is 31.0 Å². The molecular formula is C13H22ClN5. The molecule has 1 unspecified atom stereocenters. The number of aromatic nitrogens is 4. The van der Waals surface area contributed by atoms with Crippen molar-refractivity contribution in [2.45, 2.75) is 39.8 Å². The van der Waals surface area contributed by atoms with Gasteiger partial charge in [-0.05, 0) is 26.3 Å². The minimum Gasteiger partial charge on any atom is -0.377 e. The molecule has 0 bridgehead atoms. The van der Waals surface area contributed by atoms with Crippen LogP contribution in [0.2, 0.25) is 0 Å². The van der Waals surface area contributed by atoms with Crippen LogP contribution in [0, 0.1) is 6.92 Å². The molecule has 6 heteroatoms. The van der Waals surface area contributed by atoms with Crippen molar-refractivity contribution in [3.8, 4) is 0 Å². The lowest BCUT2D eigenvalue weighted by molar-refractivity contribution is 0.462. The zero-order valence-electron chi connectivity index (χ0n) is 11.9. The molecule has 0 fully saturated rings. The van der Waals surface area contributed by atoms with Crippen molar-refractivity contribution in [2.75, 3.05) is 5.32 Å². The van der Waals surface area contributed by atoms with E-state index in [-0.39, 0.29) is 12.4 Å². The number of rotatable bonds is 5. The summed E-state index contributed by atoms with van der Waals surface area (Å²) in [5.74, 6) is 0. The molecule has 0 aliphatic rings. The first kappa shape index (κ1) is 15.6. The van der Waals surface area contributed by atoms with Gasteiger partial charge in [-0.25, -0.2) is 0 Å². The third kappa shape index (κ3) is 3.50. The Labute approximate surface area is 120 Å². The van der Waals surface area contributed by atoms with E-state index in [1.54, 1.807) is 0 Å². The van der Waals surface area contributed by atoms with Gasteiger partial charge in [0.25, 0.3) is 0 Å². The van der Waals surface area contributed by atoms with Gasteiger partial charge < -0.3 is 5.32 Å². The number of nitrogens with one attached hydrogen (secondary N) is 1. The summed E-state index contributed by atoms with van der Waals surface area (Å²) < 4.78 is 3.91. The van der Waals surface area contributed by atoms with Crippen molar-refractivity contribution in [3.05, 3.63) is 29.8 Å². The third-order valence-electron chi connectivity index (χ3n) is 3.23. The van der Waals surface area contributed by atoms with Gasteiger partial charge in [-0.3, -0.25) is 9.36 Å². The molecule has 1 N–H and O–H groups in total. The molecule has 0 aliphatic carbocycles. The van der Waals surface area contributed by atoms with E-state index < -0.39 is 0 Å². The van der Waals surface area contributed by atoms with E-state index in [9.17, 15) is 0 Å². The SMILES string of the molecule is CCC(C)n1nccc1CNc1cn(C)nc1C.Cl. The van der Waals surface area contributed by atoms with Crippen molar-refractivity contribution < 1.29 is 0 Å². The lowest BCUT2D eigenvalue weighted by Crippen LogP contribution is -2.12. The van der Waals surface area contributed by atoms with E-state index in [4.69, 9.17) is 0 Å². The summed E-state index contributed by atoms with van der Waals surface area (Å²) in [5.41, 5.74) is 3.30. The number of anilines is 1. The van der Waals surface area contributed by atoms with Gasteiger partial charge >= 0.3 is 0 Å². The highest BCUT2D eigenvalue weighted by atomic mass is 35.5. The van der Waals surface area contributed by atoms with E-state index in [1.165, 1.54) is 5.69 Å². The molecule has 106 valence electrons. The van der Waals surface area contributed by atoms with Crippen LogP contribution in [0.25, 0.3) is 0 Å². The minimum absolute atomic E-state index is 0. The molecule has 0 amide bonds. The number of hydrogen-bond acceptors (Lipinski definition) is 3. The molecule has 2 aromatic heterocycles. The largest absolute Gasteiger partial charge is 0.377 e. The van der Waals surface area contributed by atoms with Gasteiger partial charge in [-0.15, -0.1) is 12.4 Å². The van der Waals surface area contributed by atoms with Crippen LogP contribution in [0.15, 0.2) is 18.5 Å². The first-order chi connectivity index (χ1) is 8.61. The van der Waals surface area contributed by atoms with Crippen molar-refractivity contribution in [1.82, 2.24) is 19.6 Å². The highest BCUT2D eigenvalue weighted by Gasteiger charge is 2.09. The Balaban J connectivity index is 0.00000180. The van der Waals surface area contributed by atoms with Crippen LogP contribution in [0.1, 0.15) is 37.7 Å². The maximum Gasteiger partial charge on any atom is 0.0825 e. The monoisotopic (exact) mass is 283 g/mol. The maximum atomic E-state index is 4.38. The molecule has 0 aromatic carbocycles. The lowest BCUT2D eigenvalue weighted by atomic mass is 10.2. The van der Waals surface area contributed by atoms with Gasteiger partial charge in [-0.1, -0.05) is 6.92 Å². The molecular weight excluding hydrogens is 262 g/mol. The van der Waals surface area contributed by atoms with Gasteiger partial charge in [0, 0.05) is 25.5 Å². The van der Waals surface area contributed by atoms with Crippen molar-refractivity contribution in [3.63, 3.8) is 0 Å². The van der Waals surface area contributed by atoms with Gasteiger partial charge in [0.15, 0.2) is 0 Å². The van der Waals surface area contributed by atoms with Crippen molar-refractivity contribution in [2.24, 2.45) is 7.05 Å². The Morgan fingerprint density at radius 3 is 2.74 bits per heavy atom. The zero-order valence-corrected chi connectivity index (χ0v) is 12.7. The Morgan fingerprint density at radius 1 is 1.42 bits per heavy atom. The number of nitrogens with zero attached hydrogens (tertiary/aromatic N) is 4. The molecule has 5 nitrogen and oxygen atoms in total. The van der Waals surface area contributed by atoms with Crippen LogP contribution in [-0.2, 0) is 13.6 Å². The number of hydrogen-bond donors (Lipinski definition) is 1. The average Bonchev–Trinajstić information content (AvgIpc) is 2.92. The molecule has 19 heavy (non-hydrogen) atoms. The molecule has 0 aliphatic heterocycles. The summed E-state index contributed by atoms with van der Waals surface area (Å²) >= 11 is 0. The maximum absolute atomic E-state index is 4.38. The molecule has 1 atom stereocenters. The van der Waals surface area contributed by atoms with Crippen LogP contribution < -0.4 is 5.32 Å². The van der Waals surface area contributed by atoms with E-state index in [0.717, 1.165) is 24.3 Å². The molecule has 0 saturated carbocycles. The second-order valence-corrected chi connectivity index (χ2v) is 4.68. The molecule has 0 radical (unpaired) electrons. The summed E-state index contributed by atoms with van der Waals surface area (Å²) in [7, 11) is 1.93. The fraction of sp³-hybridized carbons (Fsp3) is 0.538. The lowest BCUT2D eigenvalue weighted by Gasteiger charge is -2.14. The summed E-state index contributed by atoms with van der Waals surface area (Å²) in [6, 6.07) is 2.50. The third-order valence-corrected chi connectivity index (χ3v) is 3.23. The first-order valence-electron chi connectivity index (χ1n) is 6.38. The molecule has 0 spiro atoms. The van der Waals surface area contributed by atoms with Gasteiger partial charge in [0.05, 0.1) is 23.6 Å². The average molecular weight is 284 g/mol. The fourth-order valence-corrected chi connectivity index (χ4v) is 2.01. The van der Waals surface area contributed by atoms with Crippen LogP contribution >= 0.6 is 12.4 Å². The van der Waals surface area contributed by atoms with Crippen LogP contribution in [0.5, 0.6) is 0 Å². The standard InChI is InChI=1S/C13H21N5.ClH/c1-5-10(2)18-12(6-7-15-18)8-14-13-9-17(4)16-11(13)3;/h6-7,9-10,14H,5,8H2,1-4H3;1H. The van der Waals surface area contributed by atoms with Crippen molar-refractivity contribution >= 4 is 18.1 Å². The Bertz CT molecular complexity index is 517. The fourth-order valence-electron chi connectivity index (χ4n) is 2.01. The van der Waals surface area contributed by atoms with Crippen LogP contribution in [0.4, 0.5) is 5.69 Å². The highest BCUT2D eigenvalue weighted by Crippen LogP contribution is 2.16.